The fraction of sp³-hybridized carbons (Fsp3) is 0.424. The van der Waals surface area contributed by atoms with Gasteiger partial charge < -0.3 is 24.4 Å². The molecule has 4 aliphatic rings. The van der Waals surface area contributed by atoms with E-state index in [4.69, 9.17) is 9.47 Å². The molecule has 8 nitrogen and oxygen atoms in total. The fourth-order valence-corrected chi connectivity index (χ4v) is 8.87. The van der Waals surface area contributed by atoms with Gasteiger partial charge in [-0.3, -0.25) is 14.4 Å². The molecule has 9 heteroatoms. The van der Waals surface area contributed by atoms with Crippen molar-refractivity contribution in [3.05, 3.63) is 84.5 Å². The number of allylic oxidation sites excluding steroid dienone is 1. The maximum absolute atomic E-state index is 14.7. The summed E-state index contributed by atoms with van der Waals surface area (Å²) in [7, 11) is 1.59. The van der Waals surface area contributed by atoms with E-state index in [1.54, 1.807) is 29.0 Å². The number of fused-ring (bicyclic) bond motifs is 2. The van der Waals surface area contributed by atoms with Gasteiger partial charge in [0.1, 0.15) is 11.8 Å². The average molecular weight is 589 g/mol. The first kappa shape index (κ1) is 28.6. The zero-order valence-electron chi connectivity index (χ0n) is 23.6. The highest BCUT2D eigenvalue weighted by Gasteiger charge is 2.71. The molecule has 0 saturated carbocycles. The Morgan fingerprint density at radius 2 is 1.83 bits per heavy atom. The summed E-state index contributed by atoms with van der Waals surface area (Å²) < 4.78 is 10.0. The second-order valence-electron chi connectivity index (χ2n) is 11.3. The molecule has 2 aromatic rings. The van der Waals surface area contributed by atoms with Crippen molar-refractivity contribution < 1.29 is 29.0 Å². The zero-order valence-corrected chi connectivity index (χ0v) is 24.4. The number of anilines is 1. The third-order valence-corrected chi connectivity index (χ3v) is 10.6. The number of nitrogens with zero attached hydrogens (tertiary/aromatic N) is 2. The Hall–Kier alpha value is -3.56. The Kier molecular flexibility index (Phi) is 8.14. The lowest BCUT2D eigenvalue weighted by atomic mass is 9.78. The maximum Gasteiger partial charge on any atom is 0.311 e. The van der Waals surface area contributed by atoms with Crippen LogP contribution >= 0.6 is 11.8 Å². The molecular weight excluding hydrogens is 552 g/mol. The minimum atomic E-state index is -0.994. The summed E-state index contributed by atoms with van der Waals surface area (Å²) in [5.74, 6) is -1.77. The van der Waals surface area contributed by atoms with Gasteiger partial charge >= 0.3 is 5.97 Å². The zero-order chi connectivity index (χ0) is 29.3. The van der Waals surface area contributed by atoms with Gasteiger partial charge in [-0.1, -0.05) is 54.6 Å². The van der Waals surface area contributed by atoms with Gasteiger partial charge in [-0.05, 0) is 55.5 Å². The summed E-state index contributed by atoms with van der Waals surface area (Å²) in [6.45, 7) is 0.314. The second-order valence-corrected chi connectivity index (χ2v) is 12.7. The number of aliphatic hydroxyl groups is 1. The number of cyclic esters (lactones) is 1. The second kappa shape index (κ2) is 12.0. The molecule has 6 rings (SSSR count). The van der Waals surface area contributed by atoms with Crippen LogP contribution in [0.1, 0.15) is 24.8 Å². The largest absolute Gasteiger partial charge is 0.497 e. The van der Waals surface area contributed by atoms with E-state index in [9.17, 15) is 19.5 Å². The van der Waals surface area contributed by atoms with Crippen molar-refractivity contribution in [2.75, 3.05) is 31.8 Å². The summed E-state index contributed by atoms with van der Waals surface area (Å²) >= 11 is 1.51. The number of hydrogen-bond donors (Lipinski definition) is 1. The number of likely N-dealkylation sites (tertiary alicyclic amines) is 1. The quantitative estimate of drug-likeness (QED) is 0.405. The van der Waals surface area contributed by atoms with Crippen LogP contribution in [0.3, 0.4) is 0 Å². The van der Waals surface area contributed by atoms with Crippen LogP contribution in [0.15, 0.2) is 78.9 Å². The van der Waals surface area contributed by atoms with Gasteiger partial charge in [-0.15, -0.1) is 11.8 Å². The third kappa shape index (κ3) is 4.92. The molecule has 1 unspecified atom stereocenters. The molecule has 0 bridgehead atoms. The number of esters is 1. The van der Waals surface area contributed by atoms with Gasteiger partial charge in [-0.2, -0.15) is 0 Å². The van der Waals surface area contributed by atoms with Crippen LogP contribution in [0, 0.1) is 11.8 Å². The highest BCUT2D eigenvalue weighted by atomic mass is 32.2. The van der Waals surface area contributed by atoms with E-state index < -0.39 is 34.6 Å². The van der Waals surface area contributed by atoms with Crippen molar-refractivity contribution in [3.8, 4) is 5.75 Å². The lowest BCUT2D eigenvalue weighted by molar-refractivity contribution is -0.153. The first-order valence-corrected chi connectivity index (χ1v) is 15.5. The molecule has 0 aromatic heterocycles. The number of carbonyl (C=O) groups excluding carboxylic acids is 3. The molecular formula is C33H36N2O6S. The lowest BCUT2D eigenvalue weighted by Gasteiger charge is -2.38. The predicted octanol–water partition coefficient (Wildman–Crippen LogP) is 3.78. The molecule has 4 heterocycles. The van der Waals surface area contributed by atoms with Crippen molar-refractivity contribution in [3.63, 3.8) is 0 Å². The van der Waals surface area contributed by atoms with E-state index in [2.05, 4.69) is 6.08 Å². The third-order valence-electron chi connectivity index (χ3n) is 8.84. The van der Waals surface area contributed by atoms with E-state index in [1.165, 1.54) is 11.8 Å². The molecule has 220 valence electrons. The molecule has 1 N–H and O–H groups in total. The first-order valence-electron chi connectivity index (χ1n) is 14.6. The van der Waals surface area contributed by atoms with Crippen LogP contribution < -0.4 is 9.64 Å². The minimum absolute atomic E-state index is 0.235. The van der Waals surface area contributed by atoms with Crippen LogP contribution in [-0.4, -0.2) is 76.7 Å². The fourth-order valence-electron chi connectivity index (χ4n) is 6.88. The molecule has 6 atom stereocenters. The lowest BCUT2D eigenvalue weighted by Crippen LogP contribution is -2.57. The number of rotatable bonds is 6. The van der Waals surface area contributed by atoms with Crippen molar-refractivity contribution >= 4 is 35.2 Å². The number of thioether (sulfide) groups is 1. The van der Waals surface area contributed by atoms with Crippen molar-refractivity contribution in [2.24, 2.45) is 11.8 Å². The van der Waals surface area contributed by atoms with Gasteiger partial charge in [0.15, 0.2) is 0 Å². The Morgan fingerprint density at radius 3 is 2.57 bits per heavy atom. The van der Waals surface area contributed by atoms with Gasteiger partial charge in [-0.25, -0.2) is 0 Å². The number of benzene rings is 2. The van der Waals surface area contributed by atoms with Crippen molar-refractivity contribution in [1.29, 1.82) is 0 Å². The van der Waals surface area contributed by atoms with Crippen molar-refractivity contribution in [2.45, 2.75) is 47.8 Å². The monoisotopic (exact) mass is 588 g/mol. The summed E-state index contributed by atoms with van der Waals surface area (Å²) in [6, 6.07) is 15.4. The van der Waals surface area contributed by atoms with Gasteiger partial charge in [0.05, 0.1) is 42.9 Å². The molecule has 2 aromatic carbocycles. The van der Waals surface area contributed by atoms with E-state index in [1.807, 2.05) is 60.7 Å². The standard InChI is InChI=1S/C33H36N2O6S/c1-40-25-15-13-23(14-16-25)34-18-9-17-33-28(27-26(42-33)12-7-2-3-8-19-41-32(27)39)30(37)35(29(33)31(34)38)24(21-36)20-22-10-5-4-6-11-22/h4-7,9-17,24,26-29,36H,2-3,8,18-21H2,1H3/b12-7-/t24-,26+,27-,28+,29?,33+/m1/s1. The van der Waals surface area contributed by atoms with Crippen molar-refractivity contribution in [1.82, 2.24) is 4.90 Å². The van der Waals surface area contributed by atoms with Crippen LogP contribution in [0.4, 0.5) is 5.69 Å². The summed E-state index contributed by atoms with van der Waals surface area (Å²) in [5.41, 5.74) is 1.63. The summed E-state index contributed by atoms with van der Waals surface area (Å²) in [5, 5.41) is 10.4. The smallest absolute Gasteiger partial charge is 0.311 e. The number of ether oxygens (including phenoxy) is 2. The van der Waals surface area contributed by atoms with Crippen LogP contribution in [0.5, 0.6) is 5.75 Å². The van der Waals surface area contributed by atoms with E-state index >= 15 is 0 Å². The highest BCUT2D eigenvalue weighted by Crippen LogP contribution is 2.61. The summed E-state index contributed by atoms with van der Waals surface area (Å²) in [4.78, 5) is 46.2. The molecule has 2 saturated heterocycles. The number of amides is 2. The van der Waals surface area contributed by atoms with Crippen LogP contribution in [-0.2, 0) is 25.5 Å². The van der Waals surface area contributed by atoms with Gasteiger partial charge in [0.25, 0.3) is 5.91 Å². The highest BCUT2D eigenvalue weighted by molar-refractivity contribution is 8.02. The molecule has 2 fully saturated rings. The Labute approximate surface area is 250 Å². The average Bonchev–Trinajstić information content (AvgIpc) is 3.41. The number of hydrogen-bond acceptors (Lipinski definition) is 7. The molecule has 42 heavy (non-hydrogen) atoms. The molecule has 0 aliphatic carbocycles. The SMILES string of the molecule is COc1ccc(N2CC=C[C@]34S[C@H]5/C=C\CCCCOC(=O)[C@H]5[C@H]3C(=O)N([C@@H](CO)Cc3ccccc3)C4C2=O)cc1. The molecule has 4 aliphatic heterocycles. The maximum atomic E-state index is 14.7. The number of methoxy groups -OCH3 is 1. The Morgan fingerprint density at radius 1 is 1.05 bits per heavy atom. The first-order chi connectivity index (χ1) is 20.5. The minimum Gasteiger partial charge on any atom is -0.497 e. The van der Waals surface area contributed by atoms with E-state index in [-0.39, 0.29) is 23.7 Å². The molecule has 0 radical (unpaired) electrons. The Balaban J connectivity index is 1.46. The topological polar surface area (TPSA) is 96.4 Å². The normalized spacial score (nSPS) is 30.6. The van der Waals surface area contributed by atoms with E-state index in [0.29, 0.717) is 31.0 Å². The van der Waals surface area contributed by atoms with Gasteiger partial charge in [0, 0.05) is 17.5 Å². The van der Waals surface area contributed by atoms with Gasteiger partial charge in [0.2, 0.25) is 5.91 Å². The number of aliphatic hydroxyl groups excluding tert-OH is 1. The summed E-state index contributed by atoms with van der Waals surface area (Å²) in [6.07, 6.45) is 11.0. The van der Waals surface area contributed by atoms with Crippen LogP contribution in [0.25, 0.3) is 0 Å². The molecule has 2 amide bonds. The Bertz CT molecular complexity index is 1380. The number of carbonyl (C=O) groups is 3. The van der Waals surface area contributed by atoms with Crippen LogP contribution in [0.2, 0.25) is 0 Å². The van der Waals surface area contributed by atoms with E-state index in [0.717, 1.165) is 24.8 Å². The predicted molar refractivity (Wildman–Crippen MR) is 161 cm³/mol. The molecule has 1 spiro atoms.